The number of nitrogens with zero attached hydrogens (tertiary/aromatic N) is 3. The fourth-order valence-electron chi connectivity index (χ4n) is 2.66. The first kappa shape index (κ1) is 19.6. The summed E-state index contributed by atoms with van der Waals surface area (Å²) in [5, 5.41) is 13.6. The molecule has 8 heteroatoms. The topological polar surface area (TPSA) is 95.8 Å². The maximum atomic E-state index is 12.3. The lowest BCUT2D eigenvalue weighted by Crippen LogP contribution is -2.50. The van der Waals surface area contributed by atoms with Crippen molar-refractivity contribution in [3.8, 4) is 0 Å². The lowest BCUT2D eigenvalue weighted by Gasteiger charge is -2.33. The molecule has 1 saturated heterocycles. The minimum absolute atomic E-state index is 0.00503. The molecule has 0 bridgehead atoms. The number of nitro benzene ring substituents is 1. The number of benzene rings is 1. The van der Waals surface area contributed by atoms with E-state index in [-0.39, 0.29) is 17.5 Å². The summed E-state index contributed by atoms with van der Waals surface area (Å²) in [7, 11) is 0. The van der Waals surface area contributed by atoms with Gasteiger partial charge in [0.1, 0.15) is 0 Å². The fourth-order valence-corrected chi connectivity index (χ4v) is 2.66. The molecule has 0 radical (unpaired) electrons. The van der Waals surface area contributed by atoms with Gasteiger partial charge in [-0.3, -0.25) is 24.6 Å². The second kappa shape index (κ2) is 9.67. The summed E-state index contributed by atoms with van der Waals surface area (Å²) < 4.78 is 0. The number of nitro groups is 1. The van der Waals surface area contributed by atoms with E-state index >= 15 is 0 Å². The average molecular weight is 360 g/mol. The summed E-state index contributed by atoms with van der Waals surface area (Å²) in [6.07, 6.45) is 3.92. The minimum Gasteiger partial charge on any atom is -0.355 e. The molecule has 26 heavy (non-hydrogen) atoms. The number of amides is 2. The molecule has 0 atom stereocenters. The standard InChI is InChI=1S/C18H24N4O4/c1-2-8-19-17(23)14-20-9-11-21(12-10-20)18(24)7-6-15-4-3-5-16(13-15)22(25)26/h3-7,13H,2,8-12,14H2,1H3,(H,19,23). The Hall–Kier alpha value is -2.74. The Morgan fingerprint density at radius 1 is 1.27 bits per heavy atom. The van der Waals surface area contributed by atoms with Crippen molar-refractivity contribution in [1.29, 1.82) is 0 Å². The van der Waals surface area contributed by atoms with E-state index in [1.807, 2.05) is 11.8 Å². The number of nitrogens with one attached hydrogen (secondary N) is 1. The van der Waals surface area contributed by atoms with Crippen LogP contribution in [0.15, 0.2) is 30.3 Å². The molecule has 1 fully saturated rings. The van der Waals surface area contributed by atoms with Gasteiger partial charge in [0.2, 0.25) is 11.8 Å². The fraction of sp³-hybridized carbons (Fsp3) is 0.444. The third-order valence-electron chi connectivity index (χ3n) is 4.12. The smallest absolute Gasteiger partial charge is 0.270 e. The zero-order valence-corrected chi connectivity index (χ0v) is 14.9. The van der Waals surface area contributed by atoms with Crippen LogP contribution in [0.25, 0.3) is 6.08 Å². The van der Waals surface area contributed by atoms with E-state index in [1.54, 1.807) is 23.1 Å². The monoisotopic (exact) mass is 360 g/mol. The molecule has 2 rings (SSSR count). The molecule has 1 aliphatic heterocycles. The number of non-ortho nitro benzene ring substituents is 1. The van der Waals surface area contributed by atoms with Gasteiger partial charge in [-0.15, -0.1) is 0 Å². The van der Waals surface area contributed by atoms with E-state index in [4.69, 9.17) is 0 Å². The van der Waals surface area contributed by atoms with E-state index in [0.717, 1.165) is 6.42 Å². The SMILES string of the molecule is CCCNC(=O)CN1CCN(C(=O)C=Cc2cccc([N+](=O)[O-])c2)CC1. The third kappa shape index (κ3) is 5.96. The summed E-state index contributed by atoms with van der Waals surface area (Å²) in [5.74, 6) is -0.121. The molecule has 8 nitrogen and oxygen atoms in total. The number of hydrogen-bond acceptors (Lipinski definition) is 5. The molecule has 1 aliphatic rings. The first-order chi connectivity index (χ1) is 12.5. The highest BCUT2D eigenvalue weighted by atomic mass is 16.6. The normalized spacial score (nSPS) is 15.2. The van der Waals surface area contributed by atoms with Crippen molar-refractivity contribution in [2.45, 2.75) is 13.3 Å². The highest BCUT2D eigenvalue weighted by Gasteiger charge is 2.21. The highest BCUT2D eigenvalue weighted by Crippen LogP contribution is 2.14. The Balaban J connectivity index is 1.82. The maximum absolute atomic E-state index is 12.3. The van der Waals surface area contributed by atoms with Crippen molar-refractivity contribution in [1.82, 2.24) is 15.1 Å². The molecule has 0 spiro atoms. The molecule has 140 valence electrons. The number of carbonyl (C=O) groups excluding carboxylic acids is 2. The van der Waals surface area contributed by atoms with Crippen molar-refractivity contribution in [2.75, 3.05) is 39.3 Å². The molecule has 1 aromatic rings. The predicted molar refractivity (Wildman–Crippen MR) is 98.5 cm³/mol. The van der Waals surface area contributed by atoms with Crippen LogP contribution in [0.3, 0.4) is 0 Å². The van der Waals surface area contributed by atoms with E-state index in [0.29, 0.717) is 44.8 Å². The van der Waals surface area contributed by atoms with Gasteiger partial charge in [-0.1, -0.05) is 19.1 Å². The van der Waals surface area contributed by atoms with Gasteiger partial charge in [-0.2, -0.15) is 0 Å². The van der Waals surface area contributed by atoms with Crippen LogP contribution in [-0.2, 0) is 9.59 Å². The zero-order valence-electron chi connectivity index (χ0n) is 14.9. The number of piperazine rings is 1. The van der Waals surface area contributed by atoms with Crippen molar-refractivity contribution < 1.29 is 14.5 Å². The molecule has 1 heterocycles. The molecule has 2 amide bonds. The molecule has 0 aromatic heterocycles. The van der Waals surface area contributed by atoms with Crippen molar-refractivity contribution in [2.24, 2.45) is 0 Å². The third-order valence-corrected chi connectivity index (χ3v) is 4.12. The molecule has 0 unspecified atom stereocenters. The van der Waals surface area contributed by atoms with Gasteiger partial charge < -0.3 is 10.2 Å². The van der Waals surface area contributed by atoms with Crippen LogP contribution < -0.4 is 5.32 Å². The van der Waals surface area contributed by atoms with Crippen LogP contribution in [0.4, 0.5) is 5.69 Å². The van der Waals surface area contributed by atoms with Crippen LogP contribution in [0.2, 0.25) is 0 Å². The Kier molecular flexibility index (Phi) is 7.28. The van der Waals surface area contributed by atoms with E-state index < -0.39 is 4.92 Å². The van der Waals surface area contributed by atoms with Gasteiger partial charge >= 0.3 is 0 Å². The summed E-state index contributed by atoms with van der Waals surface area (Å²) in [5.41, 5.74) is 0.605. The van der Waals surface area contributed by atoms with Crippen molar-refractivity contribution in [3.63, 3.8) is 0 Å². The summed E-state index contributed by atoms with van der Waals surface area (Å²) in [6, 6.07) is 6.14. The van der Waals surface area contributed by atoms with Gasteiger partial charge in [0.25, 0.3) is 5.69 Å². The number of hydrogen-bond donors (Lipinski definition) is 1. The predicted octanol–water partition coefficient (Wildman–Crippen LogP) is 1.28. The van der Waals surface area contributed by atoms with Crippen molar-refractivity contribution in [3.05, 3.63) is 46.0 Å². The first-order valence-corrected chi connectivity index (χ1v) is 8.70. The van der Waals surface area contributed by atoms with Crippen LogP contribution in [0.5, 0.6) is 0 Å². The Bertz CT molecular complexity index is 682. The van der Waals surface area contributed by atoms with Gasteiger partial charge in [0.15, 0.2) is 0 Å². The van der Waals surface area contributed by atoms with Gasteiger partial charge in [-0.05, 0) is 18.1 Å². The maximum Gasteiger partial charge on any atom is 0.270 e. The first-order valence-electron chi connectivity index (χ1n) is 8.70. The Morgan fingerprint density at radius 3 is 2.65 bits per heavy atom. The van der Waals surface area contributed by atoms with E-state index in [9.17, 15) is 19.7 Å². The van der Waals surface area contributed by atoms with Crippen LogP contribution >= 0.6 is 0 Å². The molecule has 0 saturated carbocycles. The lowest BCUT2D eigenvalue weighted by molar-refractivity contribution is -0.384. The molecular weight excluding hydrogens is 336 g/mol. The average Bonchev–Trinajstić information content (AvgIpc) is 2.65. The lowest BCUT2D eigenvalue weighted by atomic mass is 10.2. The zero-order chi connectivity index (χ0) is 18.9. The van der Waals surface area contributed by atoms with Gasteiger partial charge in [-0.25, -0.2) is 0 Å². The second-order valence-corrected chi connectivity index (χ2v) is 6.14. The summed E-state index contributed by atoms with van der Waals surface area (Å²) in [6.45, 7) is 5.45. The van der Waals surface area contributed by atoms with Crippen LogP contribution in [0, 0.1) is 10.1 Å². The highest BCUT2D eigenvalue weighted by molar-refractivity contribution is 5.92. The quantitative estimate of drug-likeness (QED) is 0.449. The molecular formula is C18H24N4O4. The Labute approximate surface area is 152 Å². The molecule has 0 aliphatic carbocycles. The van der Waals surface area contributed by atoms with Crippen molar-refractivity contribution >= 4 is 23.6 Å². The van der Waals surface area contributed by atoms with Gasteiger partial charge in [0, 0.05) is 50.9 Å². The number of rotatable bonds is 7. The van der Waals surface area contributed by atoms with Crippen LogP contribution in [0.1, 0.15) is 18.9 Å². The number of carbonyl (C=O) groups is 2. The largest absolute Gasteiger partial charge is 0.355 e. The summed E-state index contributed by atoms with van der Waals surface area (Å²) in [4.78, 5) is 38.1. The molecule has 1 N–H and O–H groups in total. The second-order valence-electron chi connectivity index (χ2n) is 6.14. The van der Waals surface area contributed by atoms with Crippen LogP contribution in [-0.4, -0.2) is 65.8 Å². The Morgan fingerprint density at radius 2 is 2.00 bits per heavy atom. The van der Waals surface area contributed by atoms with Gasteiger partial charge in [0.05, 0.1) is 11.5 Å². The summed E-state index contributed by atoms with van der Waals surface area (Å²) >= 11 is 0. The van der Waals surface area contributed by atoms with E-state index in [1.165, 1.54) is 18.2 Å². The van der Waals surface area contributed by atoms with E-state index in [2.05, 4.69) is 5.32 Å². The minimum atomic E-state index is -0.463. The molecule has 1 aromatic carbocycles.